The van der Waals surface area contributed by atoms with Gasteiger partial charge >= 0.3 is 11.9 Å². The highest BCUT2D eigenvalue weighted by Gasteiger charge is 2.27. The fraction of sp³-hybridized carbons (Fsp3) is 0.143. The Labute approximate surface area is 373 Å². The number of nitrogens with one attached hydrogen (secondary N) is 4. The van der Waals surface area contributed by atoms with E-state index in [4.69, 9.17) is 63.7 Å². The first-order valence-electron chi connectivity index (χ1n) is 18.4. The summed E-state index contributed by atoms with van der Waals surface area (Å²) in [6.45, 7) is 0. The zero-order chi connectivity index (χ0) is 44.3. The molecular formula is C42H34Cl2F2N10O4S2. The number of fused-ring (bicyclic) bond motifs is 4. The number of nitrogen functional groups attached to an aromatic ring is 1. The molecule has 2 aliphatic rings. The van der Waals surface area contributed by atoms with Gasteiger partial charge in [-0.05, 0) is 120 Å². The van der Waals surface area contributed by atoms with Crippen molar-refractivity contribution in [3.8, 4) is 0 Å². The normalized spacial score (nSPS) is 14.3. The summed E-state index contributed by atoms with van der Waals surface area (Å²) in [6.07, 6.45) is 12.1. The summed E-state index contributed by atoms with van der Waals surface area (Å²) in [5, 5.41) is 23.7. The zero-order valence-electron chi connectivity index (χ0n) is 32.1. The van der Waals surface area contributed by atoms with Gasteiger partial charge in [0.1, 0.15) is 17.7 Å². The van der Waals surface area contributed by atoms with E-state index in [1.807, 2.05) is 24.3 Å². The maximum atomic E-state index is 14.5. The van der Waals surface area contributed by atoms with Crippen molar-refractivity contribution < 1.29 is 28.6 Å². The lowest BCUT2D eigenvalue weighted by molar-refractivity contribution is 0.0685. The lowest BCUT2D eigenvalue weighted by Crippen LogP contribution is -2.41. The van der Waals surface area contributed by atoms with Crippen LogP contribution < -0.4 is 27.4 Å². The number of aliphatic imine (C=N–C) groups is 1. The third-order valence-electron chi connectivity index (χ3n) is 9.77. The van der Waals surface area contributed by atoms with Crippen LogP contribution in [0.3, 0.4) is 0 Å². The van der Waals surface area contributed by atoms with E-state index < -0.39 is 18.0 Å². The van der Waals surface area contributed by atoms with Gasteiger partial charge in [0.25, 0.3) is 0 Å². The number of hydrogen-bond acceptors (Lipinski definition) is 12. The van der Waals surface area contributed by atoms with Crippen molar-refractivity contribution in [1.29, 1.82) is 0 Å². The minimum Gasteiger partial charge on any atom is -0.478 e. The number of carbonyl (C=O) groups is 2. The van der Waals surface area contributed by atoms with E-state index in [9.17, 15) is 18.4 Å². The van der Waals surface area contributed by atoms with E-state index in [1.165, 1.54) is 36.7 Å². The number of carboxylic acid groups (broad SMARTS) is 2. The number of anilines is 2. The molecule has 0 bridgehead atoms. The third kappa shape index (κ3) is 10.7. The molecule has 2 unspecified atom stereocenters. The average molecular weight is 916 g/mol. The Morgan fingerprint density at radius 1 is 0.758 bits per heavy atom. The number of isothiocyanates is 1. The van der Waals surface area contributed by atoms with Crippen LogP contribution in [0.25, 0.3) is 0 Å². The molecule has 316 valence electrons. The largest absolute Gasteiger partial charge is 0.478 e. The first-order valence-corrected chi connectivity index (χ1v) is 20.0. The second-order valence-electron chi connectivity index (χ2n) is 13.4. The number of hydrazine groups is 2. The van der Waals surface area contributed by atoms with E-state index in [2.05, 4.69) is 51.7 Å². The number of aryl methyl sites for hydroxylation is 2. The van der Waals surface area contributed by atoms with Crippen molar-refractivity contribution in [3.63, 3.8) is 0 Å². The summed E-state index contributed by atoms with van der Waals surface area (Å²) in [5.74, 6) is 2.86. The molecule has 0 saturated carbocycles. The molecule has 62 heavy (non-hydrogen) atoms. The Balaban J connectivity index is 0.000000175. The van der Waals surface area contributed by atoms with Crippen molar-refractivity contribution >= 4 is 81.5 Å². The summed E-state index contributed by atoms with van der Waals surface area (Å²) in [5.41, 5.74) is 14.9. The second-order valence-corrected chi connectivity index (χ2v) is 14.8. The molecule has 14 nitrogen and oxygen atoms in total. The molecule has 2 aromatic carbocycles. The molecule has 20 heteroatoms. The molecule has 8 rings (SSSR count). The molecule has 0 saturated heterocycles. The maximum Gasteiger partial charge on any atom is 0.337 e. The van der Waals surface area contributed by atoms with Crippen LogP contribution in [0.2, 0.25) is 10.0 Å². The van der Waals surface area contributed by atoms with Gasteiger partial charge in [-0.15, -0.1) is 0 Å². The first kappa shape index (κ1) is 45.0. The number of hydrogen-bond donors (Lipinski definition) is 7. The van der Waals surface area contributed by atoms with Gasteiger partial charge in [0.05, 0.1) is 32.4 Å². The molecule has 0 amide bonds. The van der Waals surface area contributed by atoms with Crippen LogP contribution in [-0.4, -0.2) is 52.4 Å². The second kappa shape index (κ2) is 20.8. The van der Waals surface area contributed by atoms with Crippen LogP contribution in [0, 0.1) is 11.6 Å². The Kier molecular flexibility index (Phi) is 15.1. The van der Waals surface area contributed by atoms with Crippen LogP contribution >= 0.6 is 47.6 Å². The molecule has 0 fully saturated rings. The van der Waals surface area contributed by atoms with Gasteiger partial charge < -0.3 is 21.0 Å². The van der Waals surface area contributed by atoms with Crippen LogP contribution in [0.5, 0.6) is 0 Å². The quantitative estimate of drug-likeness (QED) is 0.0351. The highest BCUT2D eigenvalue weighted by atomic mass is 35.5. The summed E-state index contributed by atoms with van der Waals surface area (Å²) in [6, 6.07) is 15.8. The number of benzene rings is 2. The monoisotopic (exact) mass is 914 g/mol. The van der Waals surface area contributed by atoms with Crippen LogP contribution in [0.15, 0.2) is 103 Å². The van der Waals surface area contributed by atoms with Gasteiger partial charge in [0.15, 0.2) is 16.7 Å². The predicted molar refractivity (Wildman–Crippen MR) is 238 cm³/mol. The Morgan fingerprint density at radius 3 is 1.84 bits per heavy atom. The number of rotatable bonds is 7. The van der Waals surface area contributed by atoms with Crippen molar-refractivity contribution in [3.05, 3.63) is 175 Å². The maximum absolute atomic E-state index is 14.5. The molecular weight excluding hydrogens is 882 g/mol. The number of halogens is 4. The summed E-state index contributed by atoms with van der Waals surface area (Å²) in [7, 11) is 0. The lowest BCUT2D eigenvalue weighted by atomic mass is 9.96. The van der Waals surface area contributed by atoms with Crippen LogP contribution in [0.1, 0.15) is 77.3 Å². The number of aromatic nitrogens is 4. The molecule has 8 N–H and O–H groups in total. The SMILES string of the molecule is Fc1cccc2c1CCc1ccncc1C2N=C=S.NNc1ncc(C(=O)O)cc1Cl.O=C(O)c1cnc(NNC(=S)NC2c3cnccc3CCc3c(F)cccc32)c(Cl)c1. The van der Waals surface area contributed by atoms with Gasteiger partial charge in [0, 0.05) is 48.3 Å². The number of thiocarbonyl (C=S) groups is 2. The minimum atomic E-state index is -1.13. The highest BCUT2D eigenvalue weighted by molar-refractivity contribution is 7.80. The number of pyridine rings is 4. The van der Waals surface area contributed by atoms with Gasteiger partial charge in [-0.3, -0.25) is 20.8 Å². The van der Waals surface area contributed by atoms with E-state index in [1.54, 1.807) is 36.9 Å². The number of nitrogens with two attached hydrogens (primary N) is 1. The van der Waals surface area contributed by atoms with Gasteiger partial charge in [-0.1, -0.05) is 47.5 Å². The molecule has 2 atom stereocenters. The van der Waals surface area contributed by atoms with Crippen molar-refractivity contribution in [2.24, 2.45) is 10.8 Å². The van der Waals surface area contributed by atoms with E-state index in [0.29, 0.717) is 24.8 Å². The van der Waals surface area contributed by atoms with E-state index in [-0.39, 0.29) is 55.6 Å². The average Bonchev–Trinajstić information content (AvgIpc) is 3.53. The minimum absolute atomic E-state index is 0.0269. The fourth-order valence-electron chi connectivity index (χ4n) is 6.83. The van der Waals surface area contributed by atoms with Gasteiger partial charge in [-0.25, -0.2) is 39.2 Å². The van der Waals surface area contributed by atoms with Crippen LogP contribution in [0.4, 0.5) is 20.4 Å². The topological polar surface area (TPSA) is 213 Å². The third-order valence-corrected chi connectivity index (χ3v) is 10.7. The predicted octanol–water partition coefficient (Wildman–Crippen LogP) is 7.88. The molecule has 2 aliphatic carbocycles. The fourth-order valence-corrected chi connectivity index (χ4v) is 7.54. The molecule has 4 aromatic heterocycles. The van der Waals surface area contributed by atoms with Crippen molar-refractivity contribution in [2.75, 3.05) is 10.9 Å². The molecule has 4 heterocycles. The van der Waals surface area contributed by atoms with Crippen molar-refractivity contribution in [2.45, 2.75) is 37.8 Å². The zero-order valence-corrected chi connectivity index (χ0v) is 35.2. The standard InChI is InChI=1S/C21H17ClFN5O2S.C15H11FN2S.C6H6ClN3O2/c22-16-8-12(20(29)30)9-25-19(16)27-28-21(31)26-18-14-2-1-3-17(23)13(14)5-4-11-6-7-24-10-15(11)18;16-14-3-1-2-12-11(14)5-4-10-6-7-17-8-13(10)15(12)18-9-19;7-4-1-3(6(11)12)2-9-5(4)10-8/h1-3,6-10,18H,4-5H2,(H,25,27)(H,29,30)(H2,26,28,31);1-3,6-8,15H,4-5H2;1-2H,8H2,(H,9,10)(H,11,12). The summed E-state index contributed by atoms with van der Waals surface area (Å²) in [4.78, 5) is 41.7. The van der Waals surface area contributed by atoms with E-state index >= 15 is 0 Å². The van der Waals surface area contributed by atoms with Crippen LogP contribution in [-0.2, 0) is 25.7 Å². The summed E-state index contributed by atoms with van der Waals surface area (Å²) >= 11 is 21.8. The molecule has 0 spiro atoms. The summed E-state index contributed by atoms with van der Waals surface area (Å²) < 4.78 is 28.5. The molecule has 6 aromatic rings. The van der Waals surface area contributed by atoms with Gasteiger partial charge in [0.2, 0.25) is 0 Å². The Morgan fingerprint density at radius 2 is 1.29 bits per heavy atom. The molecule has 0 radical (unpaired) electrons. The number of aromatic carboxylic acids is 2. The molecule has 0 aliphatic heterocycles. The first-order chi connectivity index (χ1) is 29.9. The Hall–Kier alpha value is -6.53. The number of nitrogens with zero attached hydrogens (tertiary/aromatic N) is 5. The lowest BCUT2D eigenvalue weighted by Gasteiger charge is -2.23. The smallest absolute Gasteiger partial charge is 0.337 e. The van der Waals surface area contributed by atoms with Crippen molar-refractivity contribution in [1.82, 2.24) is 30.7 Å². The van der Waals surface area contributed by atoms with Gasteiger partial charge in [-0.2, -0.15) is 0 Å². The number of carboxylic acids is 2. The highest BCUT2D eigenvalue weighted by Crippen LogP contribution is 2.36. The Bertz CT molecular complexity index is 2710. The van der Waals surface area contributed by atoms with E-state index in [0.717, 1.165) is 45.4 Å².